The summed E-state index contributed by atoms with van der Waals surface area (Å²) in [6.45, 7) is 10.2. The van der Waals surface area contributed by atoms with Crippen LogP contribution in [0.25, 0.3) is 22.6 Å². The van der Waals surface area contributed by atoms with Crippen LogP contribution in [0.5, 0.6) is 5.75 Å². The molecule has 190 valence electrons. The molecule has 0 radical (unpaired) electrons. The first kappa shape index (κ1) is 26.9. The number of ether oxygens (including phenoxy) is 2. The van der Waals surface area contributed by atoms with E-state index in [2.05, 4.69) is 22.4 Å². The second-order valence-electron chi connectivity index (χ2n) is 8.73. The number of benzene rings is 1. The molecule has 2 aromatic heterocycles. The van der Waals surface area contributed by atoms with Crippen LogP contribution in [0.4, 0.5) is 5.82 Å². The van der Waals surface area contributed by atoms with Crippen molar-refractivity contribution in [2.24, 2.45) is 0 Å². The van der Waals surface area contributed by atoms with E-state index in [4.69, 9.17) is 36.3 Å². The van der Waals surface area contributed by atoms with Gasteiger partial charge in [-0.1, -0.05) is 16.8 Å². The molecule has 1 atom stereocenters. The standard InChI is InChI=1S/C20H24ClN5O2.C6H12O/c1-11-18(17-12(2)26-28-13(17)3)24-20(25-19(11)22)15-10-14(6-7-16(15)21)27-9-5-8-23-4;1-6-4-2-3-5-7-6/h6-7,10,23H,5,8-9H2,1-4H3,(H2,22,24,25);6H,2-5H2,1H3. The van der Waals surface area contributed by atoms with Crippen molar-refractivity contribution in [3.8, 4) is 28.4 Å². The quantitative estimate of drug-likeness (QED) is 0.407. The number of aryl methyl sites for hydroxylation is 2. The van der Waals surface area contributed by atoms with Crippen LogP contribution < -0.4 is 15.8 Å². The topological polar surface area (TPSA) is 108 Å². The summed E-state index contributed by atoms with van der Waals surface area (Å²) in [6.07, 6.45) is 5.33. The molecule has 1 aromatic carbocycles. The van der Waals surface area contributed by atoms with Gasteiger partial charge in [0.25, 0.3) is 0 Å². The van der Waals surface area contributed by atoms with Gasteiger partial charge in [0.15, 0.2) is 5.82 Å². The molecule has 1 aliphatic rings. The third-order valence-corrected chi connectivity index (χ3v) is 6.21. The molecule has 0 bridgehead atoms. The fourth-order valence-electron chi connectivity index (χ4n) is 3.83. The lowest BCUT2D eigenvalue weighted by molar-refractivity contribution is 0.0285. The monoisotopic (exact) mass is 501 g/mol. The van der Waals surface area contributed by atoms with Gasteiger partial charge in [0, 0.05) is 17.7 Å². The third kappa shape index (κ3) is 7.16. The van der Waals surface area contributed by atoms with Crippen molar-refractivity contribution in [2.45, 2.75) is 59.5 Å². The molecule has 1 saturated heterocycles. The Balaban J connectivity index is 0.000000420. The number of nitrogen functional groups attached to an aromatic ring is 1. The Morgan fingerprint density at radius 1 is 1.20 bits per heavy atom. The minimum absolute atomic E-state index is 0.386. The van der Waals surface area contributed by atoms with Crippen LogP contribution in [0.1, 0.15) is 49.6 Å². The van der Waals surface area contributed by atoms with E-state index >= 15 is 0 Å². The number of hydrogen-bond donors (Lipinski definition) is 2. The van der Waals surface area contributed by atoms with Gasteiger partial charge >= 0.3 is 0 Å². The minimum atomic E-state index is 0.386. The first-order valence-corrected chi connectivity index (χ1v) is 12.5. The molecule has 8 nitrogen and oxygen atoms in total. The number of hydrogen-bond acceptors (Lipinski definition) is 8. The lowest BCUT2D eigenvalue weighted by atomic mass is 10.1. The zero-order chi connectivity index (χ0) is 25.4. The zero-order valence-electron chi connectivity index (χ0n) is 21.3. The minimum Gasteiger partial charge on any atom is -0.494 e. The number of rotatable bonds is 7. The van der Waals surface area contributed by atoms with Gasteiger partial charge in [-0.25, -0.2) is 9.97 Å². The zero-order valence-corrected chi connectivity index (χ0v) is 22.0. The maximum Gasteiger partial charge on any atom is 0.163 e. The summed E-state index contributed by atoms with van der Waals surface area (Å²) in [5.41, 5.74) is 9.88. The maximum atomic E-state index is 6.43. The van der Waals surface area contributed by atoms with Gasteiger partial charge in [-0.15, -0.1) is 0 Å². The second-order valence-corrected chi connectivity index (χ2v) is 9.14. The van der Waals surface area contributed by atoms with E-state index in [-0.39, 0.29) is 0 Å². The first-order chi connectivity index (χ1) is 16.8. The van der Waals surface area contributed by atoms with Gasteiger partial charge in [0.1, 0.15) is 17.3 Å². The van der Waals surface area contributed by atoms with E-state index in [1.54, 1.807) is 6.07 Å². The molecular weight excluding hydrogens is 466 g/mol. The normalized spacial score (nSPS) is 15.4. The highest BCUT2D eigenvalue weighted by Crippen LogP contribution is 2.35. The molecule has 0 spiro atoms. The van der Waals surface area contributed by atoms with Gasteiger partial charge in [0.2, 0.25) is 0 Å². The van der Waals surface area contributed by atoms with Crippen LogP contribution in [0, 0.1) is 20.8 Å². The largest absolute Gasteiger partial charge is 0.494 e. The number of nitrogens with two attached hydrogens (primary N) is 1. The molecule has 1 fully saturated rings. The van der Waals surface area contributed by atoms with E-state index in [1.165, 1.54) is 19.3 Å². The molecule has 0 amide bonds. The summed E-state index contributed by atoms with van der Waals surface area (Å²) in [7, 11) is 1.91. The molecule has 0 aliphatic carbocycles. The van der Waals surface area contributed by atoms with Crippen LogP contribution in [0.3, 0.4) is 0 Å². The fraction of sp³-hybridized carbons (Fsp3) is 0.500. The molecule has 3 aromatic rings. The molecule has 0 saturated carbocycles. The SMILES string of the molecule is CC1CCCCO1.CNCCCOc1ccc(Cl)c(-c2nc(N)c(C)c(-c3c(C)noc3C)n2)c1. The van der Waals surface area contributed by atoms with Crippen LogP contribution in [-0.4, -0.2) is 48.0 Å². The van der Waals surface area contributed by atoms with Gasteiger partial charge in [-0.2, -0.15) is 0 Å². The lowest BCUT2D eigenvalue weighted by Crippen LogP contribution is -2.14. The Labute approximate surface area is 212 Å². The number of aromatic nitrogens is 3. The van der Waals surface area contributed by atoms with Crippen molar-refractivity contribution in [1.29, 1.82) is 0 Å². The van der Waals surface area contributed by atoms with E-state index < -0.39 is 0 Å². The smallest absolute Gasteiger partial charge is 0.163 e. The third-order valence-electron chi connectivity index (χ3n) is 5.88. The molecule has 3 heterocycles. The molecule has 1 aliphatic heterocycles. The average Bonchev–Trinajstić information content (AvgIpc) is 3.18. The Morgan fingerprint density at radius 2 is 2.00 bits per heavy atom. The number of halogens is 1. The summed E-state index contributed by atoms with van der Waals surface area (Å²) in [5.74, 6) is 2.20. The summed E-state index contributed by atoms with van der Waals surface area (Å²) >= 11 is 6.43. The van der Waals surface area contributed by atoms with Crippen LogP contribution >= 0.6 is 11.6 Å². The highest BCUT2D eigenvalue weighted by atomic mass is 35.5. The lowest BCUT2D eigenvalue weighted by Gasteiger charge is -2.17. The summed E-state index contributed by atoms with van der Waals surface area (Å²) in [4.78, 5) is 9.19. The van der Waals surface area contributed by atoms with Crippen molar-refractivity contribution in [2.75, 3.05) is 32.5 Å². The summed E-state index contributed by atoms with van der Waals surface area (Å²) in [5, 5.41) is 7.64. The molecular formula is C26H36ClN5O3. The van der Waals surface area contributed by atoms with Crippen molar-refractivity contribution in [3.05, 3.63) is 40.2 Å². The fourth-order valence-corrected chi connectivity index (χ4v) is 4.03. The molecule has 35 heavy (non-hydrogen) atoms. The van der Waals surface area contributed by atoms with Gasteiger partial charge in [-0.05, 0) is 85.2 Å². The molecule has 9 heteroatoms. The van der Waals surface area contributed by atoms with Gasteiger partial charge in [-0.3, -0.25) is 0 Å². The maximum absolute atomic E-state index is 6.43. The van der Waals surface area contributed by atoms with E-state index in [1.807, 2.05) is 40.0 Å². The molecule has 4 rings (SSSR count). The Morgan fingerprint density at radius 3 is 2.60 bits per heavy atom. The van der Waals surface area contributed by atoms with Gasteiger partial charge in [0.05, 0.1) is 34.7 Å². The number of anilines is 1. The summed E-state index contributed by atoms with van der Waals surface area (Å²) in [6, 6.07) is 5.44. The molecule has 3 N–H and O–H groups in total. The predicted molar refractivity (Wildman–Crippen MR) is 140 cm³/mol. The number of nitrogens with zero attached hydrogens (tertiary/aromatic N) is 3. The van der Waals surface area contributed by atoms with Crippen LogP contribution in [0.2, 0.25) is 5.02 Å². The number of nitrogens with one attached hydrogen (secondary N) is 1. The van der Waals surface area contributed by atoms with Crippen LogP contribution in [-0.2, 0) is 4.74 Å². The predicted octanol–water partition coefficient (Wildman–Crippen LogP) is 5.52. The Bertz CT molecular complexity index is 1090. The Kier molecular flexibility index (Phi) is 9.89. The highest BCUT2D eigenvalue weighted by molar-refractivity contribution is 6.33. The summed E-state index contributed by atoms with van der Waals surface area (Å²) < 4.78 is 16.4. The van der Waals surface area contributed by atoms with Crippen LogP contribution in [0.15, 0.2) is 22.7 Å². The first-order valence-electron chi connectivity index (χ1n) is 12.1. The Hall–Kier alpha value is -2.68. The van der Waals surface area contributed by atoms with Crippen molar-refractivity contribution < 1.29 is 14.0 Å². The van der Waals surface area contributed by atoms with Crippen molar-refractivity contribution in [1.82, 2.24) is 20.4 Å². The van der Waals surface area contributed by atoms with E-state index in [9.17, 15) is 0 Å². The van der Waals surface area contributed by atoms with E-state index in [0.29, 0.717) is 52.1 Å². The highest BCUT2D eigenvalue weighted by Gasteiger charge is 2.20. The van der Waals surface area contributed by atoms with E-state index in [0.717, 1.165) is 36.4 Å². The van der Waals surface area contributed by atoms with Crippen molar-refractivity contribution in [3.63, 3.8) is 0 Å². The van der Waals surface area contributed by atoms with Gasteiger partial charge < -0.3 is 25.0 Å². The van der Waals surface area contributed by atoms with Crippen molar-refractivity contribution >= 4 is 17.4 Å². The average molecular weight is 502 g/mol. The second kappa shape index (κ2) is 12.9. The molecule has 1 unspecified atom stereocenters.